The highest BCUT2D eigenvalue weighted by Crippen LogP contribution is 2.22. The van der Waals surface area contributed by atoms with Crippen LogP contribution < -0.4 is 0 Å². The Hall–Kier alpha value is -1.90. The molecule has 0 N–H and O–H groups in total. The van der Waals surface area contributed by atoms with Crippen LogP contribution in [0.5, 0.6) is 0 Å². The minimum absolute atomic E-state index is 0.0191. The van der Waals surface area contributed by atoms with Crippen molar-refractivity contribution in [1.82, 2.24) is 24.3 Å². The van der Waals surface area contributed by atoms with Gasteiger partial charge in [0.15, 0.2) is 0 Å². The number of hydrogen-bond acceptors (Lipinski definition) is 6. The van der Waals surface area contributed by atoms with E-state index in [1.54, 1.807) is 6.07 Å². The third-order valence-corrected chi connectivity index (χ3v) is 6.20. The quantitative estimate of drug-likeness (QED) is 0.659. The predicted octanol–water partition coefficient (Wildman–Crippen LogP) is 2.90. The lowest BCUT2D eigenvalue weighted by molar-refractivity contribution is 0.0664. The van der Waals surface area contributed by atoms with Gasteiger partial charge in [0.1, 0.15) is 10.7 Å². The highest BCUT2D eigenvalue weighted by molar-refractivity contribution is 7.07. The number of aryl methyl sites for hydroxylation is 1. The van der Waals surface area contributed by atoms with E-state index in [-0.39, 0.29) is 11.7 Å². The summed E-state index contributed by atoms with van der Waals surface area (Å²) in [6.45, 7) is 6.48. The number of rotatable bonds is 8. The van der Waals surface area contributed by atoms with E-state index in [1.165, 1.54) is 17.6 Å². The zero-order chi connectivity index (χ0) is 20.8. The number of benzene rings is 1. The van der Waals surface area contributed by atoms with Crippen molar-refractivity contribution in [2.75, 3.05) is 46.8 Å². The molecule has 1 saturated heterocycles. The number of likely N-dealkylation sites (N-methyl/N-ethyl adjacent to an activating group) is 1. The number of carbonyl (C=O) groups is 1. The molecule has 8 heteroatoms. The number of carbonyl (C=O) groups excluding carboxylic acids is 1. The van der Waals surface area contributed by atoms with E-state index >= 15 is 0 Å². The third kappa shape index (κ3) is 6.04. The zero-order valence-corrected chi connectivity index (χ0v) is 18.3. The molecule has 1 atom stereocenters. The number of likely N-dealkylation sites (tertiary alicyclic amines) is 1. The Bertz CT molecular complexity index is 812. The summed E-state index contributed by atoms with van der Waals surface area (Å²) in [6.07, 6.45) is 2.15. The van der Waals surface area contributed by atoms with Crippen LogP contribution in [0, 0.1) is 18.7 Å². The van der Waals surface area contributed by atoms with Crippen molar-refractivity contribution in [3.05, 3.63) is 46.2 Å². The first-order valence-corrected chi connectivity index (χ1v) is 10.9. The minimum Gasteiger partial charge on any atom is -0.336 e. The molecule has 0 saturated carbocycles. The van der Waals surface area contributed by atoms with E-state index in [0.29, 0.717) is 36.1 Å². The molecule has 0 unspecified atom stereocenters. The van der Waals surface area contributed by atoms with E-state index in [9.17, 15) is 9.18 Å². The lowest BCUT2D eigenvalue weighted by atomic mass is 9.96. The molecule has 1 aliphatic heterocycles. The second-order valence-corrected chi connectivity index (χ2v) is 8.83. The van der Waals surface area contributed by atoms with E-state index in [1.807, 2.05) is 38.1 Å². The monoisotopic (exact) mass is 419 g/mol. The lowest BCUT2D eigenvalue weighted by Crippen LogP contribution is -2.44. The molecule has 3 rings (SSSR count). The van der Waals surface area contributed by atoms with Crippen molar-refractivity contribution in [3.8, 4) is 0 Å². The van der Waals surface area contributed by atoms with Gasteiger partial charge < -0.3 is 9.80 Å². The average molecular weight is 420 g/mol. The van der Waals surface area contributed by atoms with Gasteiger partial charge in [-0.2, -0.15) is 0 Å². The number of hydrogen-bond donors (Lipinski definition) is 0. The summed E-state index contributed by atoms with van der Waals surface area (Å²) in [4.78, 5) is 20.1. The number of nitrogens with zero attached hydrogens (tertiary/aromatic N) is 5. The topological polar surface area (TPSA) is 52.6 Å². The maximum Gasteiger partial charge on any atom is 0.267 e. The molecule has 158 valence electrons. The van der Waals surface area contributed by atoms with Gasteiger partial charge in [0.05, 0.1) is 5.69 Å². The largest absolute Gasteiger partial charge is 0.336 e. The van der Waals surface area contributed by atoms with Gasteiger partial charge in [0, 0.05) is 38.3 Å². The number of amides is 1. The van der Waals surface area contributed by atoms with E-state index in [0.717, 1.165) is 38.0 Å². The summed E-state index contributed by atoms with van der Waals surface area (Å²) in [5, 5.41) is 4.00. The first-order chi connectivity index (χ1) is 13.9. The lowest BCUT2D eigenvalue weighted by Gasteiger charge is -2.36. The number of halogens is 1. The Morgan fingerprint density at radius 3 is 2.79 bits per heavy atom. The molecule has 2 aromatic rings. The SMILES string of the molecule is Cc1nnsc1C(=O)N(CCN(C)C)C[C@@H]1CCCN(Cc2ccccc2F)C1. The molecule has 1 fully saturated rings. The molecular weight excluding hydrogens is 389 g/mol. The van der Waals surface area contributed by atoms with Crippen LogP contribution in [-0.4, -0.2) is 77.0 Å². The van der Waals surface area contributed by atoms with Crippen LogP contribution in [0.3, 0.4) is 0 Å². The molecule has 29 heavy (non-hydrogen) atoms. The standard InChI is InChI=1S/C21H30FN5OS/c1-16-20(29-24-23-16)21(28)27(12-11-25(2)3)14-17-7-6-10-26(13-17)15-18-8-4-5-9-19(18)22/h4-5,8-9,17H,6-7,10-15H2,1-3H3/t17-/m1/s1. The van der Waals surface area contributed by atoms with Gasteiger partial charge in [-0.15, -0.1) is 5.10 Å². The fourth-order valence-corrected chi connectivity index (χ4v) is 4.42. The molecule has 2 heterocycles. The molecule has 1 aromatic carbocycles. The van der Waals surface area contributed by atoms with Crippen LogP contribution in [-0.2, 0) is 6.54 Å². The molecular formula is C21H30FN5OS. The van der Waals surface area contributed by atoms with Gasteiger partial charge in [-0.1, -0.05) is 22.7 Å². The van der Waals surface area contributed by atoms with Crippen molar-refractivity contribution < 1.29 is 9.18 Å². The van der Waals surface area contributed by atoms with Crippen LogP contribution in [0.15, 0.2) is 24.3 Å². The van der Waals surface area contributed by atoms with E-state index in [4.69, 9.17) is 0 Å². The van der Waals surface area contributed by atoms with Crippen molar-refractivity contribution in [3.63, 3.8) is 0 Å². The molecule has 1 aliphatic rings. The van der Waals surface area contributed by atoms with Gasteiger partial charge in [0.25, 0.3) is 5.91 Å². The van der Waals surface area contributed by atoms with Crippen molar-refractivity contribution in [2.45, 2.75) is 26.3 Å². The van der Waals surface area contributed by atoms with Crippen LogP contribution >= 0.6 is 11.5 Å². The van der Waals surface area contributed by atoms with E-state index in [2.05, 4.69) is 19.4 Å². The normalized spacial score (nSPS) is 17.6. The molecule has 0 radical (unpaired) electrons. The second kappa shape index (κ2) is 10.2. The van der Waals surface area contributed by atoms with Gasteiger partial charge in [0.2, 0.25) is 0 Å². The summed E-state index contributed by atoms with van der Waals surface area (Å²) >= 11 is 1.17. The van der Waals surface area contributed by atoms with Crippen molar-refractivity contribution in [1.29, 1.82) is 0 Å². The molecule has 6 nitrogen and oxygen atoms in total. The van der Waals surface area contributed by atoms with E-state index < -0.39 is 0 Å². The van der Waals surface area contributed by atoms with Crippen LogP contribution in [0.4, 0.5) is 4.39 Å². The Balaban J connectivity index is 1.65. The molecule has 1 amide bonds. The van der Waals surface area contributed by atoms with Crippen LogP contribution in [0.2, 0.25) is 0 Å². The smallest absolute Gasteiger partial charge is 0.267 e. The zero-order valence-electron chi connectivity index (χ0n) is 17.5. The fraction of sp³-hybridized carbons (Fsp3) is 0.571. The summed E-state index contributed by atoms with van der Waals surface area (Å²) < 4.78 is 18.0. The van der Waals surface area contributed by atoms with Crippen molar-refractivity contribution >= 4 is 17.4 Å². The van der Waals surface area contributed by atoms with Gasteiger partial charge >= 0.3 is 0 Å². The summed E-state index contributed by atoms with van der Waals surface area (Å²) in [5.41, 5.74) is 1.43. The first-order valence-electron chi connectivity index (χ1n) is 10.1. The maximum atomic E-state index is 14.0. The number of aromatic nitrogens is 2. The molecule has 1 aromatic heterocycles. The van der Waals surface area contributed by atoms with Crippen molar-refractivity contribution in [2.24, 2.45) is 5.92 Å². The third-order valence-electron chi connectivity index (χ3n) is 5.38. The highest BCUT2D eigenvalue weighted by Gasteiger charge is 2.27. The first kappa shape index (κ1) is 21.8. The Morgan fingerprint density at radius 2 is 2.10 bits per heavy atom. The summed E-state index contributed by atoms with van der Waals surface area (Å²) in [7, 11) is 4.03. The maximum absolute atomic E-state index is 14.0. The average Bonchev–Trinajstić information content (AvgIpc) is 3.12. The minimum atomic E-state index is -0.148. The molecule has 0 aliphatic carbocycles. The van der Waals surface area contributed by atoms with Crippen LogP contribution in [0.1, 0.15) is 33.8 Å². The second-order valence-electron chi connectivity index (χ2n) is 8.08. The highest BCUT2D eigenvalue weighted by atomic mass is 32.1. The number of piperidine rings is 1. The molecule has 0 spiro atoms. The fourth-order valence-electron chi connectivity index (χ4n) is 3.79. The van der Waals surface area contributed by atoms with Gasteiger partial charge in [-0.25, -0.2) is 4.39 Å². The summed E-state index contributed by atoms with van der Waals surface area (Å²) in [5.74, 6) is 0.249. The Morgan fingerprint density at radius 1 is 1.31 bits per heavy atom. The van der Waals surface area contributed by atoms with Gasteiger partial charge in [-0.05, 0) is 63.9 Å². The Kier molecular flexibility index (Phi) is 7.69. The summed E-state index contributed by atoms with van der Waals surface area (Å²) in [6, 6.07) is 6.98. The Labute approximate surface area is 176 Å². The predicted molar refractivity (Wildman–Crippen MR) is 114 cm³/mol. The van der Waals surface area contributed by atoms with Gasteiger partial charge in [-0.3, -0.25) is 9.69 Å². The molecule has 0 bridgehead atoms. The van der Waals surface area contributed by atoms with Crippen LogP contribution in [0.25, 0.3) is 0 Å².